The summed E-state index contributed by atoms with van der Waals surface area (Å²) in [6, 6.07) is 0.465. The SMILES string of the molecule is C[C@@H](N[C@@H](c1nc(-c2ncn[nH]2)no1)C(C)(C)C)C1CC1. The van der Waals surface area contributed by atoms with Crippen molar-refractivity contribution in [2.75, 3.05) is 0 Å². The summed E-state index contributed by atoms with van der Waals surface area (Å²) in [5.74, 6) is 2.33. The highest BCUT2D eigenvalue weighted by molar-refractivity contribution is 5.39. The zero-order valence-electron chi connectivity index (χ0n) is 12.9. The van der Waals surface area contributed by atoms with Crippen molar-refractivity contribution in [2.24, 2.45) is 11.3 Å². The number of hydrogen-bond donors (Lipinski definition) is 2. The normalized spacial score (nSPS) is 18.7. The molecule has 0 unspecified atom stereocenters. The van der Waals surface area contributed by atoms with Crippen LogP contribution in [0.1, 0.15) is 52.5 Å². The van der Waals surface area contributed by atoms with Gasteiger partial charge in [-0.05, 0) is 31.1 Å². The summed E-state index contributed by atoms with van der Waals surface area (Å²) in [6.07, 6.45) is 4.04. The van der Waals surface area contributed by atoms with Gasteiger partial charge in [-0.15, -0.1) is 0 Å². The molecule has 7 nitrogen and oxygen atoms in total. The topological polar surface area (TPSA) is 92.5 Å². The van der Waals surface area contributed by atoms with Gasteiger partial charge in [0.1, 0.15) is 6.33 Å². The second-order valence-corrected chi connectivity index (χ2v) is 6.88. The summed E-state index contributed by atoms with van der Waals surface area (Å²) in [7, 11) is 0. The van der Waals surface area contributed by atoms with E-state index in [0.29, 0.717) is 23.6 Å². The van der Waals surface area contributed by atoms with Gasteiger partial charge < -0.3 is 9.84 Å². The van der Waals surface area contributed by atoms with Crippen molar-refractivity contribution >= 4 is 0 Å². The molecule has 2 aromatic rings. The largest absolute Gasteiger partial charge is 0.337 e. The van der Waals surface area contributed by atoms with Crippen molar-refractivity contribution in [1.29, 1.82) is 0 Å². The Bertz CT molecular complexity index is 581. The predicted molar refractivity (Wildman–Crippen MR) is 77.2 cm³/mol. The van der Waals surface area contributed by atoms with Gasteiger partial charge in [-0.25, -0.2) is 4.98 Å². The van der Waals surface area contributed by atoms with Gasteiger partial charge in [0.2, 0.25) is 11.7 Å². The first kappa shape index (κ1) is 14.2. The molecule has 7 heteroatoms. The minimum Gasteiger partial charge on any atom is -0.337 e. The molecule has 3 rings (SSSR count). The van der Waals surface area contributed by atoms with E-state index in [-0.39, 0.29) is 11.5 Å². The summed E-state index contributed by atoms with van der Waals surface area (Å²) < 4.78 is 5.47. The van der Waals surface area contributed by atoms with Crippen molar-refractivity contribution in [2.45, 2.75) is 52.6 Å². The Morgan fingerprint density at radius 2 is 2.14 bits per heavy atom. The Morgan fingerprint density at radius 3 is 2.71 bits per heavy atom. The molecule has 0 aromatic carbocycles. The zero-order valence-corrected chi connectivity index (χ0v) is 12.9. The van der Waals surface area contributed by atoms with Crippen molar-refractivity contribution in [3.05, 3.63) is 12.2 Å². The molecule has 0 bridgehead atoms. The van der Waals surface area contributed by atoms with Crippen LogP contribution in [0.2, 0.25) is 0 Å². The first-order valence-corrected chi connectivity index (χ1v) is 7.40. The van der Waals surface area contributed by atoms with Gasteiger partial charge >= 0.3 is 0 Å². The number of nitrogens with zero attached hydrogens (tertiary/aromatic N) is 4. The fraction of sp³-hybridized carbons (Fsp3) is 0.714. The Hall–Kier alpha value is -1.76. The van der Waals surface area contributed by atoms with Crippen LogP contribution >= 0.6 is 0 Å². The van der Waals surface area contributed by atoms with Crippen molar-refractivity contribution < 1.29 is 4.52 Å². The highest BCUT2D eigenvalue weighted by atomic mass is 16.5. The van der Waals surface area contributed by atoms with Gasteiger partial charge in [0.25, 0.3) is 0 Å². The maximum Gasteiger partial charge on any atom is 0.244 e. The Kier molecular flexibility index (Phi) is 3.52. The van der Waals surface area contributed by atoms with Crippen LogP contribution < -0.4 is 5.32 Å². The van der Waals surface area contributed by atoms with Gasteiger partial charge in [-0.2, -0.15) is 10.1 Å². The third-order valence-corrected chi connectivity index (χ3v) is 3.94. The second kappa shape index (κ2) is 5.22. The van der Waals surface area contributed by atoms with Crippen LogP contribution in [-0.4, -0.2) is 31.4 Å². The minimum atomic E-state index is -0.0195. The van der Waals surface area contributed by atoms with Crippen LogP contribution in [0.15, 0.2) is 10.9 Å². The van der Waals surface area contributed by atoms with Gasteiger partial charge in [-0.1, -0.05) is 25.9 Å². The molecule has 21 heavy (non-hydrogen) atoms. The van der Waals surface area contributed by atoms with E-state index in [4.69, 9.17) is 4.52 Å². The second-order valence-electron chi connectivity index (χ2n) is 6.88. The highest BCUT2D eigenvalue weighted by Crippen LogP contribution is 2.37. The average molecular weight is 290 g/mol. The van der Waals surface area contributed by atoms with Crippen molar-refractivity contribution in [1.82, 2.24) is 30.6 Å². The lowest BCUT2D eigenvalue weighted by Gasteiger charge is -2.31. The fourth-order valence-electron chi connectivity index (χ4n) is 2.45. The monoisotopic (exact) mass is 290 g/mol. The molecule has 1 saturated carbocycles. The molecule has 2 aromatic heterocycles. The molecule has 2 N–H and O–H groups in total. The fourth-order valence-corrected chi connectivity index (χ4v) is 2.45. The zero-order chi connectivity index (χ0) is 15.0. The summed E-state index contributed by atoms with van der Waals surface area (Å²) in [4.78, 5) is 8.53. The van der Waals surface area contributed by atoms with Crippen LogP contribution in [0.4, 0.5) is 0 Å². The molecule has 0 amide bonds. The van der Waals surface area contributed by atoms with E-state index >= 15 is 0 Å². The van der Waals surface area contributed by atoms with Gasteiger partial charge in [0.15, 0.2) is 5.82 Å². The number of hydrogen-bond acceptors (Lipinski definition) is 6. The summed E-state index contributed by atoms with van der Waals surface area (Å²) in [5.41, 5.74) is -0.0195. The lowest BCUT2D eigenvalue weighted by Crippen LogP contribution is -2.39. The smallest absolute Gasteiger partial charge is 0.244 e. The first-order valence-electron chi connectivity index (χ1n) is 7.40. The molecule has 1 aliphatic carbocycles. The van der Waals surface area contributed by atoms with E-state index in [1.54, 1.807) is 0 Å². The standard InChI is InChI=1S/C14H22N6O/c1-8(9-5-6-9)17-10(14(2,3)4)13-18-12(20-21-13)11-15-7-16-19-11/h7-10,17H,5-6H2,1-4H3,(H,15,16,19)/t8-,10+/m1/s1. The number of aromatic nitrogens is 5. The maximum absolute atomic E-state index is 5.47. The van der Waals surface area contributed by atoms with Crippen molar-refractivity contribution in [3.8, 4) is 11.6 Å². The number of rotatable bonds is 5. The molecule has 1 fully saturated rings. The van der Waals surface area contributed by atoms with E-state index in [1.807, 2.05) is 0 Å². The Labute approximate surface area is 123 Å². The molecule has 2 heterocycles. The summed E-state index contributed by atoms with van der Waals surface area (Å²) in [6.45, 7) is 8.73. The van der Waals surface area contributed by atoms with Crippen LogP contribution in [0, 0.1) is 11.3 Å². The molecule has 0 radical (unpaired) electrons. The van der Waals surface area contributed by atoms with Crippen LogP contribution in [0.3, 0.4) is 0 Å². The van der Waals surface area contributed by atoms with Crippen LogP contribution in [-0.2, 0) is 0 Å². The molecule has 0 spiro atoms. The molecule has 1 aliphatic rings. The number of aromatic amines is 1. The molecule has 2 atom stereocenters. The molecular weight excluding hydrogens is 268 g/mol. The number of H-pyrrole nitrogens is 1. The lowest BCUT2D eigenvalue weighted by molar-refractivity contribution is 0.194. The summed E-state index contributed by atoms with van der Waals surface area (Å²) in [5, 5.41) is 14.2. The quantitative estimate of drug-likeness (QED) is 0.878. The predicted octanol–water partition coefficient (Wildman–Crippen LogP) is 2.33. The van der Waals surface area contributed by atoms with Crippen LogP contribution in [0.5, 0.6) is 0 Å². The van der Waals surface area contributed by atoms with Gasteiger partial charge in [-0.3, -0.25) is 5.10 Å². The van der Waals surface area contributed by atoms with E-state index in [2.05, 4.69) is 58.3 Å². The van der Waals surface area contributed by atoms with Crippen LogP contribution in [0.25, 0.3) is 11.6 Å². The van der Waals surface area contributed by atoms with E-state index in [9.17, 15) is 0 Å². The average Bonchev–Trinajstić information content (AvgIpc) is 2.93. The van der Waals surface area contributed by atoms with Gasteiger partial charge in [0, 0.05) is 6.04 Å². The highest BCUT2D eigenvalue weighted by Gasteiger charge is 2.36. The number of nitrogens with one attached hydrogen (secondary N) is 2. The summed E-state index contributed by atoms with van der Waals surface area (Å²) >= 11 is 0. The van der Waals surface area contributed by atoms with E-state index < -0.39 is 0 Å². The third kappa shape index (κ3) is 3.12. The van der Waals surface area contributed by atoms with E-state index in [1.165, 1.54) is 19.2 Å². The lowest BCUT2D eigenvalue weighted by atomic mass is 9.86. The van der Waals surface area contributed by atoms with Crippen molar-refractivity contribution in [3.63, 3.8) is 0 Å². The Morgan fingerprint density at radius 1 is 1.38 bits per heavy atom. The Balaban J connectivity index is 1.82. The molecule has 0 saturated heterocycles. The molecule has 0 aliphatic heterocycles. The molecular formula is C14H22N6O. The van der Waals surface area contributed by atoms with Gasteiger partial charge in [0.05, 0.1) is 6.04 Å². The minimum absolute atomic E-state index is 0.0114. The van der Waals surface area contributed by atoms with E-state index in [0.717, 1.165) is 5.92 Å². The third-order valence-electron chi connectivity index (χ3n) is 3.94. The first-order chi connectivity index (χ1) is 9.95. The molecule has 114 valence electrons. The maximum atomic E-state index is 5.47.